The Morgan fingerprint density at radius 1 is 0.614 bits per heavy atom. The molecular weight excluding hydrogens is 587 g/mol. The second-order valence-electron chi connectivity index (χ2n) is 11.5. The van der Waals surface area contributed by atoms with Crippen LogP contribution >= 0.6 is 23.2 Å². The van der Waals surface area contributed by atoms with Gasteiger partial charge in [0.25, 0.3) is 0 Å². The fourth-order valence-electron chi connectivity index (χ4n) is 5.49. The number of pyridine rings is 2. The minimum Gasteiger partial charge on any atom is -0.382 e. The first kappa shape index (κ1) is 35.8. The lowest BCUT2D eigenvalue weighted by molar-refractivity contribution is 0.295. The molecule has 2 aromatic carbocycles. The van der Waals surface area contributed by atoms with Crippen LogP contribution in [0.2, 0.25) is 10.0 Å². The molecule has 0 aliphatic carbocycles. The minimum absolute atomic E-state index is 0.442. The van der Waals surface area contributed by atoms with E-state index < -0.39 is 0 Å². The standard InChI is InChI=1S/2C18H26ClN3/c2*1-4-22(5-2)12-6-7-14(3)21-17-10-11-20-18-13-15(19)8-9-16(17)18/h2*8-11,13-14H,4-7,12H2,1-3H3,(H,20,21). The first-order valence-electron chi connectivity index (χ1n) is 16.3. The molecule has 0 saturated carbocycles. The van der Waals surface area contributed by atoms with Crippen molar-refractivity contribution in [2.24, 2.45) is 0 Å². The molecule has 240 valence electrons. The van der Waals surface area contributed by atoms with Crippen molar-refractivity contribution in [2.75, 3.05) is 49.9 Å². The summed E-state index contributed by atoms with van der Waals surface area (Å²) in [5.41, 5.74) is 4.15. The van der Waals surface area contributed by atoms with Gasteiger partial charge < -0.3 is 20.4 Å². The highest BCUT2D eigenvalue weighted by atomic mass is 35.5. The van der Waals surface area contributed by atoms with Crippen LogP contribution in [0.15, 0.2) is 60.9 Å². The largest absolute Gasteiger partial charge is 0.382 e. The van der Waals surface area contributed by atoms with Crippen molar-refractivity contribution < 1.29 is 0 Å². The second kappa shape index (κ2) is 19.0. The molecule has 0 amide bonds. The van der Waals surface area contributed by atoms with Crippen LogP contribution in [-0.4, -0.2) is 71.1 Å². The number of hydrogen-bond donors (Lipinski definition) is 2. The zero-order chi connectivity index (χ0) is 31.9. The van der Waals surface area contributed by atoms with Crippen molar-refractivity contribution in [1.82, 2.24) is 19.8 Å². The Kier molecular flexibility index (Phi) is 15.5. The van der Waals surface area contributed by atoms with E-state index in [2.05, 4.69) is 71.9 Å². The van der Waals surface area contributed by atoms with E-state index in [1.54, 1.807) is 0 Å². The smallest absolute Gasteiger partial charge is 0.0737 e. The summed E-state index contributed by atoms with van der Waals surface area (Å²) < 4.78 is 0. The Balaban J connectivity index is 0.000000240. The summed E-state index contributed by atoms with van der Waals surface area (Å²) in [5.74, 6) is 0. The third-order valence-corrected chi connectivity index (χ3v) is 8.70. The van der Waals surface area contributed by atoms with Gasteiger partial charge in [-0.2, -0.15) is 0 Å². The molecule has 0 bridgehead atoms. The number of aromatic nitrogens is 2. The first-order valence-corrected chi connectivity index (χ1v) is 17.1. The van der Waals surface area contributed by atoms with Gasteiger partial charge in [-0.15, -0.1) is 0 Å². The predicted molar refractivity (Wildman–Crippen MR) is 194 cm³/mol. The number of nitrogens with zero attached hydrogens (tertiary/aromatic N) is 4. The second-order valence-corrected chi connectivity index (χ2v) is 12.3. The highest BCUT2D eigenvalue weighted by Crippen LogP contribution is 2.26. The molecule has 0 spiro atoms. The van der Waals surface area contributed by atoms with E-state index in [-0.39, 0.29) is 0 Å². The SMILES string of the molecule is CCN(CC)CCCC(C)Nc1ccnc2cc(Cl)ccc12.CCN(CC)CCCC(C)Nc1ccnc2cc(Cl)ccc12. The molecule has 6 nitrogen and oxygen atoms in total. The summed E-state index contributed by atoms with van der Waals surface area (Å²) in [5, 5.41) is 10.9. The number of rotatable bonds is 16. The Morgan fingerprint density at radius 2 is 1.00 bits per heavy atom. The number of benzene rings is 2. The van der Waals surface area contributed by atoms with Gasteiger partial charge in [0.05, 0.1) is 11.0 Å². The normalized spacial score (nSPS) is 12.8. The third kappa shape index (κ3) is 11.4. The van der Waals surface area contributed by atoms with Gasteiger partial charge in [-0.3, -0.25) is 9.97 Å². The van der Waals surface area contributed by atoms with Crippen molar-refractivity contribution in [3.05, 3.63) is 71.0 Å². The Bertz CT molecular complexity index is 1300. The van der Waals surface area contributed by atoms with Crippen LogP contribution in [-0.2, 0) is 0 Å². The zero-order valence-electron chi connectivity index (χ0n) is 27.5. The zero-order valence-corrected chi connectivity index (χ0v) is 29.1. The van der Waals surface area contributed by atoms with Crippen molar-refractivity contribution in [3.63, 3.8) is 0 Å². The van der Waals surface area contributed by atoms with E-state index in [4.69, 9.17) is 23.2 Å². The molecule has 0 saturated heterocycles. The Morgan fingerprint density at radius 3 is 1.36 bits per heavy atom. The summed E-state index contributed by atoms with van der Waals surface area (Å²) in [7, 11) is 0. The summed E-state index contributed by atoms with van der Waals surface area (Å²) >= 11 is 12.1. The maximum Gasteiger partial charge on any atom is 0.0737 e. The lowest BCUT2D eigenvalue weighted by Gasteiger charge is -2.20. The van der Waals surface area contributed by atoms with Crippen molar-refractivity contribution in [3.8, 4) is 0 Å². The van der Waals surface area contributed by atoms with Gasteiger partial charge in [-0.05, 0) is 127 Å². The average molecular weight is 640 g/mol. The highest BCUT2D eigenvalue weighted by Gasteiger charge is 2.09. The van der Waals surface area contributed by atoms with Crippen molar-refractivity contribution in [2.45, 2.75) is 79.3 Å². The van der Waals surface area contributed by atoms with E-state index in [1.807, 2.05) is 60.9 Å². The van der Waals surface area contributed by atoms with Crippen LogP contribution in [0.5, 0.6) is 0 Å². The molecule has 2 aromatic heterocycles. The number of nitrogens with one attached hydrogen (secondary N) is 2. The van der Waals surface area contributed by atoms with E-state index >= 15 is 0 Å². The number of hydrogen-bond acceptors (Lipinski definition) is 6. The van der Waals surface area contributed by atoms with Gasteiger partial charge in [0.2, 0.25) is 0 Å². The Labute approximate surface area is 275 Å². The van der Waals surface area contributed by atoms with Gasteiger partial charge in [0.15, 0.2) is 0 Å². The number of fused-ring (bicyclic) bond motifs is 2. The summed E-state index contributed by atoms with van der Waals surface area (Å²) in [6.07, 6.45) is 8.42. The molecule has 0 aliphatic heterocycles. The predicted octanol–water partition coefficient (Wildman–Crippen LogP) is 9.62. The molecule has 4 rings (SSSR count). The van der Waals surface area contributed by atoms with Crippen LogP contribution < -0.4 is 10.6 Å². The van der Waals surface area contributed by atoms with Crippen LogP contribution in [0.25, 0.3) is 21.8 Å². The molecule has 2 atom stereocenters. The topological polar surface area (TPSA) is 56.3 Å². The third-order valence-electron chi connectivity index (χ3n) is 8.23. The highest BCUT2D eigenvalue weighted by molar-refractivity contribution is 6.31. The van der Waals surface area contributed by atoms with Crippen LogP contribution in [0.3, 0.4) is 0 Å². The lowest BCUT2D eigenvalue weighted by atomic mass is 10.1. The molecule has 8 heteroatoms. The van der Waals surface area contributed by atoms with E-state index in [9.17, 15) is 0 Å². The molecule has 2 heterocycles. The van der Waals surface area contributed by atoms with E-state index in [1.165, 1.54) is 25.9 Å². The lowest BCUT2D eigenvalue weighted by Crippen LogP contribution is -2.25. The number of anilines is 2. The van der Waals surface area contributed by atoms with Crippen LogP contribution in [0.1, 0.15) is 67.2 Å². The Hall–Kier alpha value is -2.64. The molecule has 0 radical (unpaired) electrons. The fourth-order valence-corrected chi connectivity index (χ4v) is 5.82. The molecule has 44 heavy (non-hydrogen) atoms. The maximum absolute atomic E-state index is 6.04. The molecule has 2 unspecified atom stereocenters. The summed E-state index contributed by atoms with van der Waals surface area (Å²) in [4.78, 5) is 13.7. The van der Waals surface area contributed by atoms with Gasteiger partial charge in [0, 0.05) is 56.7 Å². The quantitative estimate of drug-likeness (QED) is 0.127. The summed E-state index contributed by atoms with van der Waals surface area (Å²) in [6, 6.07) is 16.7. The van der Waals surface area contributed by atoms with Crippen molar-refractivity contribution in [1.29, 1.82) is 0 Å². The molecular formula is C36H52Cl2N6. The first-order chi connectivity index (χ1) is 21.3. The van der Waals surface area contributed by atoms with Gasteiger partial charge >= 0.3 is 0 Å². The fraction of sp³-hybridized carbons (Fsp3) is 0.500. The van der Waals surface area contributed by atoms with Gasteiger partial charge in [-0.25, -0.2) is 0 Å². The van der Waals surface area contributed by atoms with E-state index in [0.29, 0.717) is 12.1 Å². The minimum atomic E-state index is 0.442. The monoisotopic (exact) mass is 638 g/mol. The maximum atomic E-state index is 6.04. The molecule has 0 fully saturated rings. The van der Waals surface area contributed by atoms with Gasteiger partial charge in [-0.1, -0.05) is 50.9 Å². The van der Waals surface area contributed by atoms with Crippen molar-refractivity contribution >= 4 is 56.4 Å². The number of halogens is 2. The molecule has 2 N–H and O–H groups in total. The summed E-state index contributed by atoms with van der Waals surface area (Å²) in [6.45, 7) is 20.2. The van der Waals surface area contributed by atoms with E-state index in [0.717, 1.165) is 82.2 Å². The van der Waals surface area contributed by atoms with Crippen LogP contribution in [0, 0.1) is 0 Å². The molecule has 4 aromatic rings. The van der Waals surface area contributed by atoms with Gasteiger partial charge in [0.1, 0.15) is 0 Å². The molecule has 0 aliphatic rings. The average Bonchev–Trinajstić information content (AvgIpc) is 3.01. The van der Waals surface area contributed by atoms with Crippen LogP contribution in [0.4, 0.5) is 11.4 Å².